The molecule has 1 fully saturated rings. The summed E-state index contributed by atoms with van der Waals surface area (Å²) >= 11 is 0. The van der Waals surface area contributed by atoms with Gasteiger partial charge in [0, 0.05) is 19.4 Å². The molecule has 2 nitrogen and oxygen atoms in total. The van der Waals surface area contributed by atoms with Crippen molar-refractivity contribution in [3.05, 3.63) is 48.0 Å². The van der Waals surface area contributed by atoms with Crippen molar-refractivity contribution in [1.29, 1.82) is 0 Å². The van der Waals surface area contributed by atoms with E-state index in [0.29, 0.717) is 30.6 Å². The van der Waals surface area contributed by atoms with Gasteiger partial charge in [-0.1, -0.05) is 42.5 Å². The molecule has 0 atom stereocenters. The minimum atomic E-state index is 0.352. The van der Waals surface area contributed by atoms with E-state index >= 15 is 0 Å². The molecule has 0 radical (unpaired) electrons. The Morgan fingerprint density at radius 2 is 1.90 bits per heavy atom. The van der Waals surface area contributed by atoms with Crippen molar-refractivity contribution in [3.63, 3.8) is 0 Å². The Hall–Kier alpha value is -1.67. The number of Topliss-reactive ketones (excluding diaryl/α,β-unsaturated/α-hetero) is 1. The van der Waals surface area contributed by atoms with Gasteiger partial charge in [0.05, 0.1) is 6.10 Å². The smallest absolute Gasteiger partial charge is 0.137 e. The number of ketones is 1. The number of fused-ring (bicyclic) bond motifs is 1. The lowest BCUT2D eigenvalue weighted by Gasteiger charge is -2.34. The molecular weight excluding hydrogens is 260 g/mol. The summed E-state index contributed by atoms with van der Waals surface area (Å²) in [7, 11) is 0. The molecule has 2 aromatic carbocycles. The van der Waals surface area contributed by atoms with Gasteiger partial charge in [0.15, 0.2) is 0 Å². The van der Waals surface area contributed by atoms with Crippen LogP contribution in [0, 0.1) is 5.92 Å². The van der Waals surface area contributed by atoms with Gasteiger partial charge in [0.1, 0.15) is 5.78 Å². The van der Waals surface area contributed by atoms with Gasteiger partial charge in [-0.2, -0.15) is 0 Å². The third-order valence-corrected chi connectivity index (χ3v) is 4.33. The van der Waals surface area contributed by atoms with E-state index in [9.17, 15) is 4.79 Å². The van der Waals surface area contributed by atoms with E-state index in [0.717, 1.165) is 25.0 Å². The normalized spacial score (nSPS) is 21.2. The third-order valence-electron chi connectivity index (χ3n) is 4.33. The Bertz CT molecular complexity index is 626. The maximum Gasteiger partial charge on any atom is 0.137 e. The predicted octanol–water partition coefficient (Wildman–Crippen LogP) is 4.16. The van der Waals surface area contributed by atoms with Crippen molar-refractivity contribution in [2.75, 3.05) is 6.61 Å². The second-order valence-corrected chi connectivity index (χ2v) is 6.02. The maximum absolute atomic E-state index is 12.2. The van der Waals surface area contributed by atoms with Crippen molar-refractivity contribution < 1.29 is 9.53 Å². The van der Waals surface area contributed by atoms with Gasteiger partial charge in [0.2, 0.25) is 0 Å². The Labute approximate surface area is 126 Å². The Kier molecular flexibility index (Phi) is 4.35. The van der Waals surface area contributed by atoms with Gasteiger partial charge in [0.25, 0.3) is 0 Å². The Balaban J connectivity index is 1.54. The second kappa shape index (κ2) is 6.40. The molecule has 0 unspecified atom stereocenters. The molecule has 21 heavy (non-hydrogen) atoms. The highest BCUT2D eigenvalue weighted by Gasteiger charge is 2.30. The molecule has 3 rings (SSSR count). The molecular formula is C19H22O2. The third kappa shape index (κ3) is 3.51. The van der Waals surface area contributed by atoms with Crippen LogP contribution in [-0.4, -0.2) is 18.5 Å². The van der Waals surface area contributed by atoms with Crippen LogP contribution in [0.4, 0.5) is 0 Å². The molecule has 0 heterocycles. The van der Waals surface area contributed by atoms with E-state index in [1.807, 2.05) is 19.1 Å². The van der Waals surface area contributed by atoms with E-state index in [-0.39, 0.29) is 0 Å². The maximum atomic E-state index is 12.2. The van der Waals surface area contributed by atoms with Crippen LogP contribution in [0.25, 0.3) is 10.8 Å². The number of carbonyl (C=O) groups excluding carboxylic acids is 1. The average Bonchev–Trinajstić information content (AvgIpc) is 2.45. The van der Waals surface area contributed by atoms with Crippen LogP contribution in [0.3, 0.4) is 0 Å². The fourth-order valence-corrected chi connectivity index (χ4v) is 3.18. The second-order valence-electron chi connectivity index (χ2n) is 6.02. The lowest BCUT2D eigenvalue weighted by molar-refractivity contribution is -0.121. The molecule has 0 aliphatic heterocycles. The molecule has 1 saturated carbocycles. The zero-order valence-electron chi connectivity index (χ0n) is 12.5. The zero-order valence-corrected chi connectivity index (χ0v) is 12.5. The minimum Gasteiger partial charge on any atom is -0.378 e. The molecule has 2 aromatic rings. The van der Waals surface area contributed by atoms with Crippen molar-refractivity contribution in [2.45, 2.75) is 38.7 Å². The van der Waals surface area contributed by atoms with Crippen LogP contribution in [0.15, 0.2) is 42.5 Å². The van der Waals surface area contributed by atoms with Crippen molar-refractivity contribution in [3.8, 4) is 0 Å². The fourth-order valence-electron chi connectivity index (χ4n) is 3.18. The van der Waals surface area contributed by atoms with Gasteiger partial charge in [-0.05, 0) is 42.0 Å². The van der Waals surface area contributed by atoms with E-state index in [4.69, 9.17) is 4.74 Å². The zero-order chi connectivity index (χ0) is 14.7. The molecule has 2 heteroatoms. The Morgan fingerprint density at radius 3 is 2.67 bits per heavy atom. The molecule has 0 aromatic heterocycles. The van der Waals surface area contributed by atoms with Crippen LogP contribution < -0.4 is 0 Å². The van der Waals surface area contributed by atoms with Crippen LogP contribution in [0.5, 0.6) is 0 Å². The number of ether oxygens (including phenoxy) is 1. The first-order chi connectivity index (χ1) is 10.2. The topological polar surface area (TPSA) is 26.3 Å². The summed E-state index contributed by atoms with van der Waals surface area (Å²) in [6.07, 6.45) is 3.76. The summed E-state index contributed by atoms with van der Waals surface area (Å²) in [5.74, 6) is 0.889. The lowest BCUT2D eigenvalue weighted by Crippen LogP contribution is -2.33. The molecule has 1 aliphatic rings. The van der Waals surface area contributed by atoms with Crippen LogP contribution in [0.1, 0.15) is 31.7 Å². The number of rotatable bonds is 6. The van der Waals surface area contributed by atoms with E-state index in [1.54, 1.807) is 0 Å². The first-order valence-corrected chi connectivity index (χ1v) is 7.85. The monoisotopic (exact) mass is 282 g/mol. The molecule has 110 valence electrons. The first-order valence-electron chi connectivity index (χ1n) is 7.85. The highest BCUT2D eigenvalue weighted by molar-refractivity contribution is 5.86. The average molecular weight is 282 g/mol. The summed E-state index contributed by atoms with van der Waals surface area (Å²) in [6.45, 7) is 2.81. The summed E-state index contributed by atoms with van der Waals surface area (Å²) < 4.78 is 5.54. The number of hydrogen-bond donors (Lipinski definition) is 0. The highest BCUT2D eigenvalue weighted by Crippen LogP contribution is 2.33. The predicted molar refractivity (Wildman–Crippen MR) is 85.4 cm³/mol. The van der Waals surface area contributed by atoms with Crippen LogP contribution >= 0.6 is 0 Å². The van der Waals surface area contributed by atoms with Crippen molar-refractivity contribution >= 4 is 16.6 Å². The van der Waals surface area contributed by atoms with E-state index in [1.165, 1.54) is 10.8 Å². The SMILES string of the molecule is CCOC1CC(CC(=O)Cc2ccc3ccccc3c2)C1. The Morgan fingerprint density at radius 1 is 1.14 bits per heavy atom. The largest absolute Gasteiger partial charge is 0.378 e. The van der Waals surface area contributed by atoms with Crippen LogP contribution in [0.2, 0.25) is 0 Å². The number of hydrogen-bond acceptors (Lipinski definition) is 2. The molecule has 1 aliphatic carbocycles. The minimum absolute atomic E-state index is 0.352. The lowest BCUT2D eigenvalue weighted by atomic mass is 9.78. The van der Waals surface area contributed by atoms with Gasteiger partial charge < -0.3 is 4.74 Å². The number of carbonyl (C=O) groups is 1. The summed E-state index contributed by atoms with van der Waals surface area (Å²) in [6, 6.07) is 14.6. The van der Waals surface area contributed by atoms with Crippen LogP contribution in [-0.2, 0) is 16.0 Å². The van der Waals surface area contributed by atoms with Crippen molar-refractivity contribution in [2.24, 2.45) is 5.92 Å². The molecule has 0 saturated heterocycles. The molecule has 0 N–H and O–H groups in total. The van der Waals surface area contributed by atoms with Gasteiger partial charge >= 0.3 is 0 Å². The highest BCUT2D eigenvalue weighted by atomic mass is 16.5. The molecule has 0 bridgehead atoms. The van der Waals surface area contributed by atoms with Crippen molar-refractivity contribution in [1.82, 2.24) is 0 Å². The number of benzene rings is 2. The quantitative estimate of drug-likeness (QED) is 0.795. The van der Waals surface area contributed by atoms with Gasteiger partial charge in [-0.3, -0.25) is 4.79 Å². The van der Waals surface area contributed by atoms with E-state index in [2.05, 4.69) is 30.3 Å². The summed E-state index contributed by atoms with van der Waals surface area (Å²) in [4.78, 5) is 12.2. The first kappa shape index (κ1) is 14.3. The fraction of sp³-hybridized carbons (Fsp3) is 0.421. The van der Waals surface area contributed by atoms with E-state index < -0.39 is 0 Å². The summed E-state index contributed by atoms with van der Waals surface area (Å²) in [5, 5.41) is 2.44. The standard InChI is InChI=1S/C19H22O2/c1-2-21-19-12-15(13-19)11-18(20)10-14-7-8-16-5-3-4-6-17(16)9-14/h3-9,15,19H,2,10-13H2,1H3. The molecule has 0 spiro atoms. The van der Waals surface area contributed by atoms with Gasteiger partial charge in [-0.25, -0.2) is 0 Å². The molecule has 0 amide bonds. The summed E-state index contributed by atoms with van der Waals surface area (Å²) in [5.41, 5.74) is 1.12. The van der Waals surface area contributed by atoms with Gasteiger partial charge in [-0.15, -0.1) is 0 Å².